The van der Waals surface area contributed by atoms with Gasteiger partial charge >= 0.3 is 0 Å². The summed E-state index contributed by atoms with van der Waals surface area (Å²) in [5.74, 6) is -1.61. The number of benzene rings is 1. The second kappa shape index (κ2) is 5.69. The number of nitrogens with one attached hydrogen (secondary N) is 1. The van der Waals surface area contributed by atoms with Gasteiger partial charge in [-0.3, -0.25) is 4.98 Å². The predicted octanol–water partition coefficient (Wildman–Crippen LogP) is 3.21. The van der Waals surface area contributed by atoms with E-state index in [2.05, 4.69) is 10.3 Å². The van der Waals surface area contributed by atoms with Crippen molar-refractivity contribution in [3.8, 4) is 0 Å². The fourth-order valence-corrected chi connectivity index (χ4v) is 1.73. The van der Waals surface area contributed by atoms with E-state index in [0.717, 1.165) is 11.8 Å². The van der Waals surface area contributed by atoms with E-state index in [4.69, 9.17) is 0 Å². The Morgan fingerprint density at radius 2 is 2.00 bits per heavy atom. The lowest BCUT2D eigenvalue weighted by Crippen LogP contribution is -2.20. The predicted molar refractivity (Wildman–Crippen MR) is 65.8 cm³/mol. The second-order valence-electron chi connectivity index (χ2n) is 4.07. The number of halogens is 2. The highest BCUT2D eigenvalue weighted by atomic mass is 19.2. The first kappa shape index (κ1) is 12.6. The zero-order chi connectivity index (χ0) is 13.0. The van der Waals surface area contributed by atoms with Crippen LogP contribution in [0, 0.1) is 11.6 Å². The maximum Gasteiger partial charge on any atom is 0.163 e. The first-order valence-electron chi connectivity index (χ1n) is 5.75. The molecule has 18 heavy (non-hydrogen) atoms. The highest BCUT2D eigenvalue weighted by molar-refractivity contribution is 5.22. The van der Waals surface area contributed by atoms with Gasteiger partial charge in [0.05, 0.1) is 5.69 Å². The van der Waals surface area contributed by atoms with Crippen LogP contribution in [0.1, 0.15) is 24.2 Å². The number of pyridine rings is 1. The van der Waals surface area contributed by atoms with Gasteiger partial charge in [0.2, 0.25) is 0 Å². The van der Waals surface area contributed by atoms with Gasteiger partial charge in [0.25, 0.3) is 0 Å². The Labute approximate surface area is 105 Å². The number of aromatic nitrogens is 1. The molecule has 0 aliphatic rings. The van der Waals surface area contributed by atoms with Crippen molar-refractivity contribution in [2.24, 2.45) is 0 Å². The van der Waals surface area contributed by atoms with Gasteiger partial charge < -0.3 is 5.32 Å². The highest BCUT2D eigenvalue weighted by Gasteiger charge is 2.13. The van der Waals surface area contributed by atoms with Crippen LogP contribution in [0.2, 0.25) is 0 Å². The molecule has 1 heterocycles. The molecule has 0 amide bonds. The van der Waals surface area contributed by atoms with Gasteiger partial charge in [0, 0.05) is 24.3 Å². The Hall–Kier alpha value is -1.81. The van der Waals surface area contributed by atoms with Crippen LogP contribution in [0.25, 0.3) is 0 Å². The molecule has 1 aromatic carbocycles. The molecule has 0 bridgehead atoms. The molecular weight excluding hydrogens is 234 g/mol. The maximum absolute atomic E-state index is 13.5. The van der Waals surface area contributed by atoms with Crippen molar-refractivity contribution in [1.82, 2.24) is 10.3 Å². The van der Waals surface area contributed by atoms with Crippen molar-refractivity contribution in [3.05, 3.63) is 65.5 Å². The molecule has 2 aromatic rings. The molecule has 0 saturated heterocycles. The molecule has 0 saturated carbocycles. The second-order valence-corrected chi connectivity index (χ2v) is 4.07. The van der Waals surface area contributed by atoms with Crippen LogP contribution < -0.4 is 5.32 Å². The van der Waals surface area contributed by atoms with E-state index in [1.807, 2.05) is 18.2 Å². The van der Waals surface area contributed by atoms with Crippen molar-refractivity contribution < 1.29 is 8.78 Å². The Balaban J connectivity index is 2.04. The summed E-state index contributed by atoms with van der Waals surface area (Å²) >= 11 is 0. The van der Waals surface area contributed by atoms with E-state index in [1.54, 1.807) is 19.2 Å². The molecular formula is C14H14F2N2. The molecule has 94 valence electrons. The third kappa shape index (κ3) is 2.90. The minimum atomic E-state index is -0.820. The molecule has 2 rings (SSSR count). The van der Waals surface area contributed by atoms with Gasteiger partial charge in [-0.2, -0.15) is 0 Å². The molecule has 1 unspecified atom stereocenters. The SMILES string of the molecule is CC(NCc1ccccn1)c1cccc(F)c1F. The first-order valence-corrected chi connectivity index (χ1v) is 5.75. The monoisotopic (exact) mass is 248 g/mol. The van der Waals surface area contributed by atoms with Gasteiger partial charge in [0.1, 0.15) is 0 Å². The van der Waals surface area contributed by atoms with Crippen LogP contribution in [0.4, 0.5) is 8.78 Å². The molecule has 0 radical (unpaired) electrons. The number of rotatable bonds is 4. The van der Waals surface area contributed by atoms with E-state index in [0.29, 0.717) is 12.1 Å². The normalized spacial score (nSPS) is 12.4. The molecule has 0 aliphatic carbocycles. The summed E-state index contributed by atoms with van der Waals surface area (Å²) < 4.78 is 26.6. The average molecular weight is 248 g/mol. The number of hydrogen-bond donors (Lipinski definition) is 1. The number of nitrogens with zero attached hydrogens (tertiary/aromatic N) is 1. The molecule has 1 atom stereocenters. The molecule has 1 N–H and O–H groups in total. The van der Waals surface area contributed by atoms with Crippen LogP contribution in [-0.2, 0) is 6.54 Å². The fraction of sp³-hybridized carbons (Fsp3) is 0.214. The zero-order valence-electron chi connectivity index (χ0n) is 10.0. The van der Waals surface area contributed by atoms with Gasteiger partial charge in [-0.25, -0.2) is 8.78 Å². The smallest absolute Gasteiger partial charge is 0.163 e. The standard InChI is InChI=1S/C14H14F2N2/c1-10(12-6-4-7-13(15)14(12)16)18-9-11-5-2-3-8-17-11/h2-8,10,18H,9H2,1H3. The summed E-state index contributed by atoms with van der Waals surface area (Å²) in [4.78, 5) is 4.15. The van der Waals surface area contributed by atoms with E-state index in [1.165, 1.54) is 6.07 Å². The summed E-state index contributed by atoms with van der Waals surface area (Å²) in [7, 11) is 0. The highest BCUT2D eigenvalue weighted by Crippen LogP contribution is 2.19. The third-order valence-corrected chi connectivity index (χ3v) is 2.76. The summed E-state index contributed by atoms with van der Waals surface area (Å²) in [6.07, 6.45) is 1.70. The lowest BCUT2D eigenvalue weighted by Gasteiger charge is -2.14. The average Bonchev–Trinajstić information content (AvgIpc) is 2.40. The van der Waals surface area contributed by atoms with Gasteiger partial charge in [0.15, 0.2) is 11.6 Å². The van der Waals surface area contributed by atoms with E-state index < -0.39 is 11.6 Å². The zero-order valence-corrected chi connectivity index (χ0v) is 10.0. The van der Waals surface area contributed by atoms with Crippen molar-refractivity contribution in [3.63, 3.8) is 0 Å². The third-order valence-electron chi connectivity index (χ3n) is 2.76. The number of hydrogen-bond acceptors (Lipinski definition) is 2. The van der Waals surface area contributed by atoms with Crippen LogP contribution in [0.15, 0.2) is 42.6 Å². The molecule has 2 nitrogen and oxygen atoms in total. The van der Waals surface area contributed by atoms with Gasteiger partial charge in [-0.05, 0) is 25.1 Å². The Morgan fingerprint density at radius 3 is 2.72 bits per heavy atom. The van der Waals surface area contributed by atoms with Crippen molar-refractivity contribution in [2.75, 3.05) is 0 Å². The van der Waals surface area contributed by atoms with Gasteiger partial charge in [-0.1, -0.05) is 18.2 Å². The summed E-state index contributed by atoms with van der Waals surface area (Å²) in [6, 6.07) is 9.52. The maximum atomic E-state index is 13.5. The molecule has 1 aromatic heterocycles. The Bertz CT molecular complexity index is 514. The molecule has 0 spiro atoms. The summed E-state index contributed by atoms with van der Waals surface area (Å²) in [6.45, 7) is 2.30. The lowest BCUT2D eigenvalue weighted by atomic mass is 10.1. The van der Waals surface area contributed by atoms with Crippen LogP contribution in [0.5, 0.6) is 0 Å². The topological polar surface area (TPSA) is 24.9 Å². The Kier molecular flexibility index (Phi) is 3.99. The lowest BCUT2D eigenvalue weighted by molar-refractivity contribution is 0.471. The fourth-order valence-electron chi connectivity index (χ4n) is 1.73. The van der Waals surface area contributed by atoms with Gasteiger partial charge in [-0.15, -0.1) is 0 Å². The minimum absolute atomic E-state index is 0.275. The molecule has 0 aliphatic heterocycles. The molecule has 4 heteroatoms. The van der Waals surface area contributed by atoms with E-state index in [-0.39, 0.29) is 6.04 Å². The van der Waals surface area contributed by atoms with Crippen molar-refractivity contribution >= 4 is 0 Å². The first-order chi connectivity index (χ1) is 8.68. The van der Waals surface area contributed by atoms with Crippen molar-refractivity contribution in [1.29, 1.82) is 0 Å². The minimum Gasteiger partial charge on any atom is -0.304 e. The summed E-state index contributed by atoms with van der Waals surface area (Å²) in [5, 5.41) is 3.11. The van der Waals surface area contributed by atoms with Crippen LogP contribution >= 0.6 is 0 Å². The summed E-state index contributed by atoms with van der Waals surface area (Å²) in [5.41, 5.74) is 1.19. The molecule has 0 fully saturated rings. The Morgan fingerprint density at radius 1 is 1.17 bits per heavy atom. The van der Waals surface area contributed by atoms with Crippen LogP contribution in [-0.4, -0.2) is 4.98 Å². The van der Waals surface area contributed by atoms with Crippen LogP contribution in [0.3, 0.4) is 0 Å². The van der Waals surface area contributed by atoms with Crippen molar-refractivity contribution in [2.45, 2.75) is 19.5 Å². The quantitative estimate of drug-likeness (QED) is 0.898. The largest absolute Gasteiger partial charge is 0.304 e. The van der Waals surface area contributed by atoms with E-state index >= 15 is 0 Å². The van der Waals surface area contributed by atoms with E-state index in [9.17, 15) is 8.78 Å².